The molecule has 144 valence electrons. The van der Waals surface area contributed by atoms with Crippen LogP contribution in [0.25, 0.3) is 0 Å². The van der Waals surface area contributed by atoms with Gasteiger partial charge >= 0.3 is 6.03 Å². The summed E-state index contributed by atoms with van der Waals surface area (Å²) in [6.07, 6.45) is 3.19. The van der Waals surface area contributed by atoms with Crippen LogP contribution in [-0.2, 0) is 11.3 Å². The van der Waals surface area contributed by atoms with Gasteiger partial charge in [-0.15, -0.1) is 0 Å². The predicted molar refractivity (Wildman–Crippen MR) is 97.8 cm³/mol. The molecule has 6 nitrogen and oxygen atoms in total. The lowest BCUT2D eigenvalue weighted by molar-refractivity contribution is -0.134. The third kappa shape index (κ3) is 3.81. The summed E-state index contributed by atoms with van der Waals surface area (Å²) < 4.78 is 14.2. The SMILES string of the molecule is CCN(Cc1ccc(C#N)cc1F)CN1C(=O)NC2(CCC(C)CC2)C1=O. The first-order valence-corrected chi connectivity index (χ1v) is 9.43. The van der Waals surface area contributed by atoms with Gasteiger partial charge < -0.3 is 5.32 Å². The van der Waals surface area contributed by atoms with Crippen molar-refractivity contribution >= 4 is 11.9 Å². The van der Waals surface area contributed by atoms with E-state index in [0.717, 1.165) is 12.8 Å². The first kappa shape index (κ1) is 19.3. The van der Waals surface area contributed by atoms with Gasteiger partial charge in [0.25, 0.3) is 5.91 Å². The molecule has 2 aliphatic rings. The minimum absolute atomic E-state index is 0.123. The highest BCUT2D eigenvalue weighted by Crippen LogP contribution is 2.36. The Morgan fingerprint density at radius 1 is 1.37 bits per heavy atom. The Kier molecular flexibility index (Phi) is 5.47. The molecule has 2 fully saturated rings. The smallest absolute Gasteiger partial charge is 0.323 e. The summed E-state index contributed by atoms with van der Waals surface area (Å²) in [5.41, 5.74) is -0.0612. The van der Waals surface area contributed by atoms with Crippen LogP contribution in [0.5, 0.6) is 0 Å². The zero-order valence-corrected chi connectivity index (χ0v) is 15.8. The van der Waals surface area contributed by atoms with E-state index in [1.807, 2.05) is 17.9 Å². The number of amides is 3. The number of nitrogens with zero attached hydrogens (tertiary/aromatic N) is 3. The number of nitrogens with one attached hydrogen (secondary N) is 1. The lowest BCUT2D eigenvalue weighted by atomic mass is 9.77. The standard InChI is InChI=1S/C20H25FN4O2/c1-3-24(12-16-5-4-15(11-22)10-17(16)21)13-25-18(26)20(23-19(25)27)8-6-14(2)7-9-20/h4-5,10,14H,3,6-9,12-13H2,1-2H3,(H,23,27). The number of halogens is 1. The molecule has 0 aromatic heterocycles. The van der Waals surface area contributed by atoms with E-state index in [1.165, 1.54) is 11.0 Å². The maximum absolute atomic E-state index is 14.2. The van der Waals surface area contributed by atoms with E-state index < -0.39 is 11.4 Å². The van der Waals surface area contributed by atoms with E-state index >= 15 is 0 Å². The van der Waals surface area contributed by atoms with E-state index in [2.05, 4.69) is 12.2 Å². The molecule has 7 heteroatoms. The molecular formula is C20H25FN4O2. The van der Waals surface area contributed by atoms with Crippen molar-refractivity contribution < 1.29 is 14.0 Å². The van der Waals surface area contributed by atoms with E-state index in [-0.39, 0.29) is 30.7 Å². The summed E-state index contributed by atoms with van der Waals surface area (Å²) in [5.74, 6) is -0.0542. The molecule has 0 atom stereocenters. The molecular weight excluding hydrogens is 347 g/mol. The van der Waals surface area contributed by atoms with Crippen molar-refractivity contribution in [3.8, 4) is 6.07 Å². The van der Waals surface area contributed by atoms with Crippen LogP contribution < -0.4 is 5.32 Å². The number of hydrogen-bond donors (Lipinski definition) is 1. The largest absolute Gasteiger partial charge is 0.326 e. The van der Waals surface area contributed by atoms with Gasteiger partial charge in [-0.25, -0.2) is 14.1 Å². The molecule has 1 aliphatic carbocycles. The molecule has 1 N–H and O–H groups in total. The van der Waals surface area contributed by atoms with Gasteiger partial charge in [-0.05, 0) is 50.3 Å². The highest BCUT2D eigenvalue weighted by Gasteiger charge is 2.52. The molecule has 1 saturated carbocycles. The number of hydrogen-bond acceptors (Lipinski definition) is 4. The third-order valence-corrected chi connectivity index (χ3v) is 5.74. The molecule has 1 saturated heterocycles. The van der Waals surface area contributed by atoms with E-state index in [9.17, 15) is 14.0 Å². The lowest BCUT2D eigenvalue weighted by Crippen LogP contribution is -2.50. The Balaban J connectivity index is 1.70. The Bertz CT molecular complexity index is 781. The Morgan fingerprint density at radius 2 is 2.07 bits per heavy atom. The minimum Gasteiger partial charge on any atom is -0.323 e. The van der Waals surface area contributed by atoms with Crippen molar-refractivity contribution in [3.63, 3.8) is 0 Å². The van der Waals surface area contributed by atoms with Crippen molar-refractivity contribution in [1.82, 2.24) is 15.1 Å². The fourth-order valence-corrected chi connectivity index (χ4v) is 3.85. The summed E-state index contributed by atoms with van der Waals surface area (Å²) >= 11 is 0. The van der Waals surface area contributed by atoms with Crippen LogP contribution in [0.4, 0.5) is 9.18 Å². The van der Waals surface area contributed by atoms with Gasteiger partial charge in [0.15, 0.2) is 0 Å². The molecule has 0 unspecified atom stereocenters. The quantitative estimate of drug-likeness (QED) is 0.806. The van der Waals surface area contributed by atoms with Crippen LogP contribution in [0.15, 0.2) is 18.2 Å². The average molecular weight is 372 g/mol. The Morgan fingerprint density at radius 3 is 2.67 bits per heavy atom. The second-order valence-electron chi connectivity index (χ2n) is 7.63. The number of carbonyl (C=O) groups is 2. The molecule has 0 bridgehead atoms. The highest BCUT2D eigenvalue weighted by atomic mass is 19.1. The fraction of sp³-hybridized carbons (Fsp3) is 0.550. The van der Waals surface area contributed by atoms with Gasteiger partial charge in [-0.3, -0.25) is 9.69 Å². The van der Waals surface area contributed by atoms with Gasteiger partial charge in [0.1, 0.15) is 11.4 Å². The Hall–Kier alpha value is -2.46. The molecule has 1 aliphatic heterocycles. The van der Waals surface area contributed by atoms with Crippen LogP contribution in [0.1, 0.15) is 50.7 Å². The van der Waals surface area contributed by atoms with Crippen LogP contribution in [0, 0.1) is 23.1 Å². The molecule has 1 heterocycles. The van der Waals surface area contributed by atoms with E-state index in [1.54, 1.807) is 12.1 Å². The molecule has 1 aromatic rings. The summed E-state index contributed by atoms with van der Waals surface area (Å²) in [4.78, 5) is 28.5. The first-order chi connectivity index (χ1) is 12.9. The minimum atomic E-state index is -0.761. The molecule has 1 spiro atoms. The predicted octanol–water partition coefficient (Wildman–Crippen LogP) is 2.98. The van der Waals surface area contributed by atoms with Crippen molar-refractivity contribution in [2.75, 3.05) is 13.2 Å². The van der Waals surface area contributed by atoms with Crippen molar-refractivity contribution in [1.29, 1.82) is 5.26 Å². The van der Waals surface area contributed by atoms with Crippen LogP contribution in [-0.4, -0.2) is 40.5 Å². The summed E-state index contributed by atoms with van der Waals surface area (Å²) in [5, 5.41) is 11.8. The van der Waals surface area contributed by atoms with Crippen molar-refractivity contribution in [2.45, 2.75) is 51.6 Å². The molecule has 1 aromatic carbocycles. The van der Waals surface area contributed by atoms with Crippen molar-refractivity contribution in [2.24, 2.45) is 5.92 Å². The number of nitriles is 1. The fourth-order valence-electron chi connectivity index (χ4n) is 3.85. The van der Waals surface area contributed by atoms with Gasteiger partial charge in [0.05, 0.1) is 18.3 Å². The van der Waals surface area contributed by atoms with Crippen LogP contribution >= 0.6 is 0 Å². The Labute approximate surface area is 158 Å². The zero-order valence-electron chi connectivity index (χ0n) is 15.8. The van der Waals surface area contributed by atoms with Gasteiger partial charge in [-0.2, -0.15) is 5.26 Å². The molecule has 0 radical (unpaired) electrons. The number of carbonyl (C=O) groups excluding carboxylic acids is 2. The summed E-state index contributed by atoms with van der Waals surface area (Å²) in [6.45, 7) is 5.00. The first-order valence-electron chi connectivity index (χ1n) is 9.43. The summed E-state index contributed by atoms with van der Waals surface area (Å²) in [6, 6.07) is 5.89. The summed E-state index contributed by atoms with van der Waals surface area (Å²) in [7, 11) is 0. The number of benzene rings is 1. The third-order valence-electron chi connectivity index (χ3n) is 5.74. The lowest BCUT2D eigenvalue weighted by Gasteiger charge is -2.34. The maximum atomic E-state index is 14.2. The average Bonchev–Trinajstić information content (AvgIpc) is 2.89. The maximum Gasteiger partial charge on any atom is 0.326 e. The van der Waals surface area contributed by atoms with Gasteiger partial charge in [0, 0.05) is 12.1 Å². The second kappa shape index (κ2) is 7.65. The molecule has 27 heavy (non-hydrogen) atoms. The van der Waals surface area contributed by atoms with Gasteiger partial charge in [-0.1, -0.05) is 19.9 Å². The van der Waals surface area contributed by atoms with Crippen molar-refractivity contribution in [3.05, 3.63) is 35.1 Å². The number of imide groups is 1. The highest BCUT2D eigenvalue weighted by molar-refractivity contribution is 6.07. The van der Waals surface area contributed by atoms with E-state index in [4.69, 9.17) is 5.26 Å². The number of urea groups is 1. The van der Waals surface area contributed by atoms with Crippen LogP contribution in [0.3, 0.4) is 0 Å². The van der Waals surface area contributed by atoms with E-state index in [0.29, 0.717) is 30.9 Å². The monoisotopic (exact) mass is 372 g/mol. The topological polar surface area (TPSA) is 76.4 Å². The van der Waals surface area contributed by atoms with Gasteiger partial charge in [0.2, 0.25) is 0 Å². The van der Waals surface area contributed by atoms with Crippen LogP contribution in [0.2, 0.25) is 0 Å². The second-order valence-corrected chi connectivity index (χ2v) is 7.63. The number of rotatable bonds is 5. The molecule has 3 amide bonds. The zero-order chi connectivity index (χ0) is 19.6. The normalized spacial score (nSPS) is 25.1. The molecule has 3 rings (SSSR count).